The van der Waals surface area contributed by atoms with Crippen LogP contribution in [-0.2, 0) is 19.6 Å². The number of benzene rings is 2. The first-order chi connectivity index (χ1) is 14.0. The van der Waals surface area contributed by atoms with Gasteiger partial charge >= 0.3 is 12.6 Å². The van der Waals surface area contributed by atoms with Gasteiger partial charge in [0.2, 0.25) is 10.0 Å². The summed E-state index contributed by atoms with van der Waals surface area (Å²) in [5.74, 6) is -1.86. The Labute approximate surface area is 172 Å². The number of nitrogens with zero attached hydrogens (tertiary/aromatic N) is 1. The maximum atomic E-state index is 12.5. The van der Waals surface area contributed by atoms with Crippen LogP contribution in [0.1, 0.15) is 17.3 Å². The number of esters is 1. The second-order valence-electron chi connectivity index (χ2n) is 6.22. The van der Waals surface area contributed by atoms with Gasteiger partial charge in [0.05, 0.1) is 16.1 Å². The van der Waals surface area contributed by atoms with E-state index >= 15 is 0 Å². The van der Waals surface area contributed by atoms with Gasteiger partial charge in [-0.15, -0.1) is 0 Å². The molecule has 0 aliphatic rings. The number of rotatable bonds is 8. The maximum absolute atomic E-state index is 12.5. The lowest BCUT2D eigenvalue weighted by molar-refractivity contribution is -0.123. The van der Waals surface area contributed by atoms with Gasteiger partial charge in [0.25, 0.3) is 5.91 Å². The van der Waals surface area contributed by atoms with Crippen molar-refractivity contribution >= 4 is 27.6 Å². The molecule has 0 heterocycles. The highest BCUT2D eigenvalue weighted by Crippen LogP contribution is 2.25. The molecular formula is C19H20F2N2O6S. The third-order valence-electron chi connectivity index (χ3n) is 3.88. The predicted octanol–water partition coefficient (Wildman–Crippen LogP) is 2.72. The van der Waals surface area contributed by atoms with Gasteiger partial charge in [-0.05, 0) is 43.3 Å². The second kappa shape index (κ2) is 9.63. The van der Waals surface area contributed by atoms with E-state index < -0.39 is 34.6 Å². The van der Waals surface area contributed by atoms with Gasteiger partial charge in [0.15, 0.2) is 6.10 Å². The van der Waals surface area contributed by atoms with Crippen LogP contribution in [0.2, 0.25) is 0 Å². The van der Waals surface area contributed by atoms with Crippen molar-refractivity contribution in [2.45, 2.75) is 24.5 Å². The summed E-state index contributed by atoms with van der Waals surface area (Å²) < 4.78 is 59.4. The molecule has 0 bridgehead atoms. The van der Waals surface area contributed by atoms with E-state index in [1.807, 2.05) is 0 Å². The Morgan fingerprint density at radius 3 is 2.20 bits per heavy atom. The number of hydrogen-bond donors (Lipinski definition) is 1. The molecule has 2 rings (SSSR count). The van der Waals surface area contributed by atoms with E-state index in [1.165, 1.54) is 69.6 Å². The Kier molecular flexibility index (Phi) is 7.46. The molecular weight excluding hydrogens is 422 g/mol. The maximum Gasteiger partial charge on any atom is 0.387 e. The topological polar surface area (TPSA) is 102 Å². The zero-order valence-corrected chi connectivity index (χ0v) is 17.2. The van der Waals surface area contributed by atoms with E-state index in [0.29, 0.717) is 0 Å². The number of halogens is 2. The van der Waals surface area contributed by atoms with Crippen molar-refractivity contribution in [1.82, 2.24) is 4.31 Å². The molecule has 2 aromatic carbocycles. The first kappa shape index (κ1) is 23.2. The predicted molar refractivity (Wildman–Crippen MR) is 104 cm³/mol. The Hall–Kier alpha value is -3.05. The fourth-order valence-electron chi connectivity index (χ4n) is 2.26. The highest BCUT2D eigenvalue weighted by atomic mass is 32.2. The second-order valence-corrected chi connectivity index (χ2v) is 8.38. The van der Waals surface area contributed by atoms with Crippen LogP contribution in [0.5, 0.6) is 5.75 Å². The normalized spacial score (nSPS) is 12.5. The number of nitrogens with one attached hydrogen (secondary N) is 1. The number of carbonyl (C=O) groups is 2. The van der Waals surface area contributed by atoms with Crippen LogP contribution in [0, 0.1) is 0 Å². The third kappa shape index (κ3) is 5.74. The molecule has 1 amide bonds. The summed E-state index contributed by atoms with van der Waals surface area (Å²) in [6.07, 6.45) is -1.26. The summed E-state index contributed by atoms with van der Waals surface area (Å²) >= 11 is 0. The van der Waals surface area contributed by atoms with Gasteiger partial charge in [-0.2, -0.15) is 8.78 Å². The monoisotopic (exact) mass is 442 g/mol. The van der Waals surface area contributed by atoms with Gasteiger partial charge in [0, 0.05) is 14.1 Å². The van der Waals surface area contributed by atoms with E-state index in [1.54, 1.807) is 0 Å². The molecule has 1 N–H and O–H groups in total. The summed E-state index contributed by atoms with van der Waals surface area (Å²) in [5, 5.41) is 2.35. The van der Waals surface area contributed by atoms with Gasteiger partial charge < -0.3 is 14.8 Å². The lowest BCUT2D eigenvalue weighted by Gasteiger charge is -2.16. The van der Waals surface area contributed by atoms with Crippen molar-refractivity contribution in [3.8, 4) is 5.75 Å². The van der Waals surface area contributed by atoms with Crippen molar-refractivity contribution in [3.05, 3.63) is 54.1 Å². The number of sulfonamides is 1. The summed E-state index contributed by atoms with van der Waals surface area (Å²) in [6, 6.07) is 10.6. The van der Waals surface area contributed by atoms with Gasteiger partial charge in [-0.1, -0.05) is 12.1 Å². The summed E-state index contributed by atoms with van der Waals surface area (Å²) in [7, 11) is -0.897. The number of amides is 1. The molecule has 0 aliphatic heterocycles. The fourth-order valence-corrected chi connectivity index (χ4v) is 3.16. The molecule has 1 unspecified atom stereocenters. The zero-order valence-electron chi connectivity index (χ0n) is 16.3. The lowest BCUT2D eigenvalue weighted by Crippen LogP contribution is -2.30. The van der Waals surface area contributed by atoms with Crippen molar-refractivity contribution in [3.63, 3.8) is 0 Å². The summed E-state index contributed by atoms with van der Waals surface area (Å²) in [4.78, 5) is 24.5. The van der Waals surface area contributed by atoms with Crippen LogP contribution in [0.4, 0.5) is 14.5 Å². The smallest absolute Gasteiger partial charge is 0.387 e. The number of ether oxygens (including phenoxy) is 2. The van der Waals surface area contributed by atoms with E-state index in [4.69, 9.17) is 4.74 Å². The lowest BCUT2D eigenvalue weighted by atomic mass is 10.2. The van der Waals surface area contributed by atoms with Crippen LogP contribution in [0.3, 0.4) is 0 Å². The number of carbonyl (C=O) groups excluding carboxylic acids is 2. The highest BCUT2D eigenvalue weighted by molar-refractivity contribution is 7.89. The number of para-hydroxylation sites is 2. The quantitative estimate of drug-likeness (QED) is 0.631. The molecule has 0 radical (unpaired) electrons. The third-order valence-corrected chi connectivity index (χ3v) is 5.71. The highest BCUT2D eigenvalue weighted by Gasteiger charge is 2.22. The molecule has 0 fully saturated rings. The minimum absolute atomic E-state index is 0.00882. The van der Waals surface area contributed by atoms with Crippen molar-refractivity contribution in [2.75, 3.05) is 19.4 Å². The first-order valence-electron chi connectivity index (χ1n) is 8.60. The van der Waals surface area contributed by atoms with Gasteiger partial charge in [0.1, 0.15) is 5.75 Å². The Balaban J connectivity index is 2.05. The number of anilines is 1. The zero-order chi connectivity index (χ0) is 22.5. The Morgan fingerprint density at radius 2 is 1.63 bits per heavy atom. The van der Waals surface area contributed by atoms with Crippen LogP contribution in [0.15, 0.2) is 53.4 Å². The van der Waals surface area contributed by atoms with Gasteiger partial charge in [-0.25, -0.2) is 17.5 Å². The molecule has 30 heavy (non-hydrogen) atoms. The van der Waals surface area contributed by atoms with Crippen LogP contribution >= 0.6 is 0 Å². The van der Waals surface area contributed by atoms with Crippen molar-refractivity contribution < 1.29 is 36.3 Å². The van der Waals surface area contributed by atoms with E-state index in [2.05, 4.69) is 10.1 Å². The first-order valence-corrected chi connectivity index (χ1v) is 10.0. The fraction of sp³-hybridized carbons (Fsp3) is 0.263. The minimum atomic E-state index is -3.65. The largest absolute Gasteiger partial charge is 0.449 e. The van der Waals surface area contributed by atoms with E-state index in [0.717, 1.165) is 4.31 Å². The van der Waals surface area contributed by atoms with E-state index in [9.17, 15) is 26.8 Å². The summed E-state index contributed by atoms with van der Waals surface area (Å²) in [6.45, 7) is -1.77. The average molecular weight is 442 g/mol. The molecule has 1 atom stereocenters. The Morgan fingerprint density at radius 1 is 1.03 bits per heavy atom. The van der Waals surface area contributed by atoms with Crippen molar-refractivity contribution in [2.24, 2.45) is 0 Å². The SMILES string of the molecule is CC(OC(=O)c1ccc(S(=O)(=O)N(C)C)cc1)C(=O)Nc1ccccc1OC(F)F. The number of alkyl halides is 2. The molecule has 2 aromatic rings. The molecule has 0 aliphatic carbocycles. The Bertz CT molecular complexity index is 1010. The van der Waals surface area contributed by atoms with Crippen molar-refractivity contribution in [1.29, 1.82) is 0 Å². The van der Waals surface area contributed by atoms with Crippen LogP contribution in [-0.4, -0.2) is 51.4 Å². The molecule has 162 valence electrons. The number of hydrogen-bond acceptors (Lipinski definition) is 6. The van der Waals surface area contributed by atoms with Crippen LogP contribution in [0.25, 0.3) is 0 Å². The van der Waals surface area contributed by atoms with E-state index in [-0.39, 0.29) is 21.9 Å². The summed E-state index contributed by atoms with van der Waals surface area (Å²) in [5.41, 5.74) is 0.0257. The standard InChI is InChI=1S/C19H20F2N2O6S/c1-12(17(24)22-15-6-4-5-7-16(15)29-19(20)21)28-18(25)13-8-10-14(11-9-13)30(26,27)23(2)3/h4-12,19H,1-3H3,(H,22,24). The molecule has 0 spiro atoms. The molecule has 0 saturated carbocycles. The minimum Gasteiger partial charge on any atom is -0.449 e. The molecule has 11 heteroatoms. The average Bonchev–Trinajstić information content (AvgIpc) is 2.68. The molecule has 8 nitrogen and oxygen atoms in total. The molecule has 0 saturated heterocycles. The van der Waals surface area contributed by atoms with Crippen LogP contribution < -0.4 is 10.1 Å². The molecule has 0 aromatic heterocycles. The van der Waals surface area contributed by atoms with Gasteiger partial charge in [-0.3, -0.25) is 4.79 Å².